The van der Waals surface area contributed by atoms with Gasteiger partial charge in [-0.3, -0.25) is 9.35 Å². The maximum atomic E-state index is 13.6. The molecular formula is C13HF25O4S. The predicted octanol–water partition coefficient (Wildman–Crippen LogP) is 6.95. The van der Waals surface area contributed by atoms with Crippen LogP contribution in [0.5, 0.6) is 0 Å². The van der Waals surface area contributed by atoms with Crippen LogP contribution in [-0.2, 0) is 14.9 Å². The molecule has 43 heavy (non-hydrogen) atoms. The van der Waals surface area contributed by atoms with Crippen molar-refractivity contribution in [2.45, 2.75) is 70.7 Å². The van der Waals surface area contributed by atoms with Crippen molar-refractivity contribution < 1.29 is 128 Å². The molecule has 0 aromatic carbocycles. The van der Waals surface area contributed by atoms with Crippen molar-refractivity contribution in [3.63, 3.8) is 0 Å². The predicted molar refractivity (Wildman–Crippen MR) is 77.0 cm³/mol. The number of halogens is 25. The van der Waals surface area contributed by atoms with E-state index in [4.69, 9.17) is 4.55 Å². The summed E-state index contributed by atoms with van der Waals surface area (Å²) in [5.74, 6) is -99.4. The second-order valence-electron chi connectivity index (χ2n) is 7.56. The Labute approximate surface area is 215 Å². The van der Waals surface area contributed by atoms with Crippen LogP contribution in [0, 0.1) is 0 Å². The summed E-state index contributed by atoms with van der Waals surface area (Å²) in [7, 11) is -8.26. The molecule has 0 atom stereocenters. The Bertz CT molecular complexity index is 1190. The molecule has 0 unspecified atom stereocenters. The highest BCUT2D eigenvalue weighted by atomic mass is 32.2. The van der Waals surface area contributed by atoms with Crippen LogP contribution in [0.2, 0.25) is 0 Å². The van der Waals surface area contributed by atoms with Crippen LogP contribution in [0.1, 0.15) is 0 Å². The fourth-order valence-corrected chi connectivity index (χ4v) is 2.69. The van der Waals surface area contributed by atoms with Gasteiger partial charge in [0.2, 0.25) is 0 Å². The topological polar surface area (TPSA) is 71.4 Å². The molecule has 0 saturated carbocycles. The van der Waals surface area contributed by atoms with Crippen molar-refractivity contribution in [3.8, 4) is 0 Å². The van der Waals surface area contributed by atoms with Gasteiger partial charge in [-0.1, -0.05) is 0 Å². The van der Waals surface area contributed by atoms with E-state index in [0.717, 1.165) is 0 Å². The van der Waals surface area contributed by atoms with E-state index in [1.165, 1.54) is 0 Å². The van der Waals surface area contributed by atoms with E-state index in [1.807, 2.05) is 0 Å². The second-order valence-corrected chi connectivity index (χ2v) is 9.03. The van der Waals surface area contributed by atoms with Gasteiger partial charge in [-0.15, -0.1) is 0 Å². The Morgan fingerprint density at radius 3 is 0.744 bits per heavy atom. The molecule has 0 heterocycles. The maximum absolute atomic E-state index is 13.6. The molecule has 0 radical (unpaired) electrons. The van der Waals surface area contributed by atoms with Crippen LogP contribution < -0.4 is 0 Å². The summed E-state index contributed by atoms with van der Waals surface area (Å²) in [4.78, 5) is 10.2. The molecule has 0 aromatic rings. The zero-order valence-corrected chi connectivity index (χ0v) is 18.8. The highest BCUT2D eigenvalue weighted by molar-refractivity contribution is 7.87. The molecule has 0 fully saturated rings. The molecule has 0 spiro atoms. The Morgan fingerprint density at radius 2 is 0.558 bits per heavy atom. The molecule has 1 N–H and O–H groups in total. The first-order valence-electron chi connectivity index (χ1n) is 8.65. The number of hydrogen-bond acceptors (Lipinski definition) is 3. The molecule has 0 saturated heterocycles. The number of rotatable bonds is 12. The molecule has 0 amide bonds. The van der Waals surface area contributed by atoms with Crippen molar-refractivity contribution in [1.29, 1.82) is 0 Å². The van der Waals surface area contributed by atoms with Gasteiger partial charge in [0.05, 0.1) is 0 Å². The molecule has 258 valence electrons. The molecule has 0 aliphatic carbocycles. The van der Waals surface area contributed by atoms with Gasteiger partial charge in [-0.25, -0.2) is 0 Å². The first-order chi connectivity index (χ1) is 17.9. The third-order valence-electron chi connectivity index (χ3n) is 4.78. The van der Waals surface area contributed by atoms with Crippen molar-refractivity contribution in [2.24, 2.45) is 0 Å². The van der Waals surface area contributed by atoms with E-state index in [2.05, 4.69) is 0 Å². The van der Waals surface area contributed by atoms with Crippen LogP contribution in [0.4, 0.5) is 110 Å². The van der Waals surface area contributed by atoms with Gasteiger partial charge >= 0.3 is 86.6 Å². The number of carbonyl (C=O) groups excluding carboxylic acids is 1. The lowest BCUT2D eigenvalue weighted by atomic mass is 9.85. The van der Waals surface area contributed by atoms with E-state index in [1.54, 1.807) is 0 Å². The Hall–Kier alpha value is -2.17. The molecule has 4 nitrogen and oxygen atoms in total. The number of Topliss-reactive ketones (excluding diaryl/α,β-unsaturated/α-hetero) is 1. The van der Waals surface area contributed by atoms with Crippen molar-refractivity contribution in [2.75, 3.05) is 0 Å². The van der Waals surface area contributed by atoms with Crippen molar-refractivity contribution >= 4 is 15.9 Å². The minimum absolute atomic E-state index is 5.57. The summed E-state index contributed by atoms with van der Waals surface area (Å²) in [5.41, 5.74) is 0. The summed E-state index contributed by atoms with van der Waals surface area (Å²) in [6.07, 6.45) is -7.53. The number of ketones is 1. The SMILES string of the molecule is O=C(C(F)(F)F)C(F)(F)C(F)(F)C(F)(F)C(F)(F)C(F)(F)C(F)(F)C(F)(F)C(F)(F)C(F)(F)C(F)(F)C(F)(F)S(=O)(=O)O. The van der Waals surface area contributed by atoms with Crippen LogP contribution in [0.3, 0.4) is 0 Å². The normalized spacial score (nSPS) is 16.9. The molecule has 0 aliphatic heterocycles. The fourth-order valence-electron chi connectivity index (χ4n) is 2.24. The van der Waals surface area contributed by atoms with Gasteiger partial charge < -0.3 is 0 Å². The van der Waals surface area contributed by atoms with Gasteiger partial charge in [-0.05, 0) is 0 Å². The lowest BCUT2D eigenvalue weighted by Gasteiger charge is -2.45. The smallest absolute Gasteiger partial charge is 0.282 e. The van der Waals surface area contributed by atoms with Crippen LogP contribution in [-0.4, -0.2) is 89.4 Å². The van der Waals surface area contributed by atoms with Gasteiger partial charge in [-0.2, -0.15) is 118 Å². The summed E-state index contributed by atoms with van der Waals surface area (Å²) in [5, 5.41) is -8.24. The van der Waals surface area contributed by atoms with E-state index >= 15 is 0 Å². The summed E-state index contributed by atoms with van der Waals surface area (Å²) >= 11 is 0. The second kappa shape index (κ2) is 9.66. The quantitative estimate of drug-likeness (QED) is 0.175. The number of carbonyl (C=O) groups is 1. The van der Waals surface area contributed by atoms with Crippen LogP contribution >= 0.6 is 0 Å². The number of alkyl halides is 25. The highest BCUT2D eigenvalue weighted by Crippen LogP contribution is 2.67. The standard InChI is InChI=1S/C13HF25O4S/c14-2(15,1(39)3(16,17)18)4(19,20)5(21,22)6(23,24)7(25,26)8(27,28)9(29,30)10(31,32)11(33,34)12(35,36)13(37,38)43(40,41)42/h(H,40,41,42). The van der Waals surface area contributed by atoms with Crippen LogP contribution in [0.15, 0.2) is 0 Å². The van der Waals surface area contributed by atoms with E-state index in [9.17, 15) is 123 Å². The lowest BCUT2D eigenvalue weighted by molar-refractivity contribution is -0.471. The third-order valence-corrected chi connectivity index (χ3v) is 5.69. The van der Waals surface area contributed by atoms with Gasteiger partial charge in [0.1, 0.15) is 0 Å². The largest absolute Gasteiger partial charge is 0.456 e. The van der Waals surface area contributed by atoms with Crippen LogP contribution in [0.25, 0.3) is 0 Å². The van der Waals surface area contributed by atoms with Gasteiger partial charge in [0, 0.05) is 0 Å². The first-order valence-corrected chi connectivity index (χ1v) is 10.1. The summed E-state index contributed by atoms with van der Waals surface area (Å²) in [6, 6.07) is 0. The van der Waals surface area contributed by atoms with Crippen molar-refractivity contribution in [1.82, 2.24) is 0 Å². The Morgan fingerprint density at radius 1 is 0.372 bits per heavy atom. The van der Waals surface area contributed by atoms with Gasteiger partial charge in [0.25, 0.3) is 0 Å². The lowest BCUT2D eigenvalue weighted by Crippen LogP contribution is -2.78. The van der Waals surface area contributed by atoms with Crippen molar-refractivity contribution in [3.05, 3.63) is 0 Å². The Kier molecular flexibility index (Phi) is 9.18. The average Bonchev–Trinajstić information content (AvgIpc) is 2.75. The highest BCUT2D eigenvalue weighted by Gasteiger charge is 2.99. The minimum Gasteiger partial charge on any atom is -0.282 e. The summed E-state index contributed by atoms with van der Waals surface area (Å²) < 4.78 is 358. The maximum Gasteiger partial charge on any atom is 0.456 e. The average molecular weight is 728 g/mol. The molecule has 0 rings (SSSR count). The first kappa shape index (κ1) is 40.8. The molecular weight excluding hydrogens is 727 g/mol. The van der Waals surface area contributed by atoms with Gasteiger partial charge in [0.15, 0.2) is 0 Å². The zero-order chi connectivity index (χ0) is 36.1. The fraction of sp³-hybridized carbons (Fsp3) is 0.923. The van der Waals surface area contributed by atoms with E-state index in [0.29, 0.717) is 0 Å². The zero-order valence-electron chi connectivity index (χ0n) is 18.0. The molecule has 0 aliphatic rings. The molecule has 0 bridgehead atoms. The molecule has 30 heteroatoms. The summed E-state index contributed by atoms with van der Waals surface area (Å²) in [6.45, 7) is 0. The number of hydrogen-bond donors (Lipinski definition) is 1. The van der Waals surface area contributed by atoms with E-state index < -0.39 is 86.6 Å². The Balaban J connectivity index is 7.48. The third kappa shape index (κ3) is 4.81. The van der Waals surface area contributed by atoms with E-state index in [-0.39, 0.29) is 0 Å². The molecule has 0 aromatic heterocycles. The minimum atomic E-state index is -9.79. The monoisotopic (exact) mass is 728 g/mol.